The van der Waals surface area contributed by atoms with E-state index in [0.717, 1.165) is 0 Å². The molecule has 0 aliphatic carbocycles. The molecule has 2 amide bonds. The van der Waals surface area contributed by atoms with E-state index in [-0.39, 0.29) is 20.6 Å². The average Bonchev–Trinajstić information content (AvgIpc) is 2.58. The zero-order valence-corrected chi connectivity index (χ0v) is 15.8. The molecule has 0 saturated heterocycles. The van der Waals surface area contributed by atoms with Gasteiger partial charge >= 0.3 is 11.8 Å². The minimum absolute atomic E-state index is 0.0480. The average molecular weight is 416 g/mol. The van der Waals surface area contributed by atoms with Gasteiger partial charge in [0.2, 0.25) is 10.0 Å². The number of nitrogens with two attached hydrogens (primary N) is 1. The largest absolute Gasteiger partial charge is 0.341 e. The van der Waals surface area contributed by atoms with Gasteiger partial charge in [-0.25, -0.2) is 13.6 Å². The quantitative estimate of drug-likeness (QED) is 0.664. The number of rotatable bonds is 4. The van der Waals surface area contributed by atoms with Crippen LogP contribution >= 0.6 is 23.2 Å². The third kappa shape index (κ3) is 4.95. The first kappa shape index (κ1) is 20.2. The molecule has 0 aliphatic rings. The smallest absolute Gasteiger partial charge is 0.313 e. The van der Waals surface area contributed by atoms with Crippen LogP contribution in [0.4, 0.5) is 5.69 Å². The second-order valence-corrected chi connectivity index (χ2v) is 7.71. The molecule has 4 N–H and O–H groups in total. The van der Waals surface area contributed by atoms with Crippen molar-refractivity contribution in [1.82, 2.24) is 5.32 Å². The molecule has 138 valence electrons. The van der Waals surface area contributed by atoms with E-state index in [9.17, 15) is 18.0 Å². The van der Waals surface area contributed by atoms with Crippen LogP contribution in [-0.4, -0.2) is 20.2 Å². The summed E-state index contributed by atoms with van der Waals surface area (Å²) in [6, 6.07) is 9.72. The fraction of sp³-hybridized carbons (Fsp3) is 0.125. The van der Waals surface area contributed by atoms with Crippen LogP contribution in [0.1, 0.15) is 18.5 Å². The van der Waals surface area contributed by atoms with Gasteiger partial charge in [0.05, 0.1) is 26.7 Å². The number of hydrogen-bond donors (Lipinski definition) is 3. The summed E-state index contributed by atoms with van der Waals surface area (Å²) in [6.45, 7) is 1.64. The van der Waals surface area contributed by atoms with E-state index in [2.05, 4.69) is 10.6 Å². The Hall–Kier alpha value is -2.13. The fourth-order valence-corrected chi connectivity index (χ4v) is 2.93. The summed E-state index contributed by atoms with van der Waals surface area (Å²) in [6.07, 6.45) is 0. The monoisotopic (exact) mass is 415 g/mol. The van der Waals surface area contributed by atoms with Gasteiger partial charge in [0.1, 0.15) is 0 Å². The number of carbonyl (C=O) groups is 2. The molecule has 0 fully saturated rings. The summed E-state index contributed by atoms with van der Waals surface area (Å²) in [5.41, 5.74) is 0.809. The van der Waals surface area contributed by atoms with Gasteiger partial charge in [-0.3, -0.25) is 9.59 Å². The molecule has 1 atom stereocenters. The number of nitrogens with one attached hydrogen (secondary N) is 2. The summed E-state index contributed by atoms with van der Waals surface area (Å²) in [5.74, 6) is -1.80. The third-order valence-electron chi connectivity index (χ3n) is 3.46. The highest BCUT2D eigenvalue weighted by Gasteiger charge is 2.19. The summed E-state index contributed by atoms with van der Waals surface area (Å²) in [5, 5.41) is 10.3. The number of hydrogen-bond acceptors (Lipinski definition) is 4. The van der Waals surface area contributed by atoms with Crippen LogP contribution in [0.25, 0.3) is 0 Å². The predicted molar refractivity (Wildman–Crippen MR) is 99.5 cm³/mol. The molecular weight excluding hydrogens is 401 g/mol. The van der Waals surface area contributed by atoms with E-state index in [0.29, 0.717) is 5.56 Å². The highest BCUT2D eigenvalue weighted by Crippen LogP contribution is 2.29. The number of halogens is 2. The normalized spacial score (nSPS) is 12.3. The first-order chi connectivity index (χ1) is 12.1. The summed E-state index contributed by atoms with van der Waals surface area (Å²) < 4.78 is 22.5. The van der Waals surface area contributed by atoms with Gasteiger partial charge in [0, 0.05) is 0 Å². The molecule has 10 heteroatoms. The Balaban J connectivity index is 2.04. The highest BCUT2D eigenvalue weighted by atomic mass is 35.5. The van der Waals surface area contributed by atoms with E-state index in [1.807, 2.05) is 0 Å². The second kappa shape index (κ2) is 8.05. The van der Waals surface area contributed by atoms with Gasteiger partial charge in [0.25, 0.3) is 0 Å². The molecule has 2 rings (SSSR count). The van der Waals surface area contributed by atoms with E-state index in [4.69, 9.17) is 28.3 Å². The van der Waals surface area contributed by atoms with Crippen LogP contribution < -0.4 is 15.8 Å². The van der Waals surface area contributed by atoms with Gasteiger partial charge in [-0.15, -0.1) is 0 Å². The highest BCUT2D eigenvalue weighted by molar-refractivity contribution is 7.89. The number of carbonyl (C=O) groups excluding carboxylic acids is 2. The maximum absolute atomic E-state index is 12.0. The Kier molecular flexibility index (Phi) is 6.25. The first-order valence-electron chi connectivity index (χ1n) is 7.28. The van der Waals surface area contributed by atoms with Crippen LogP contribution in [0.15, 0.2) is 47.4 Å². The third-order valence-corrected chi connectivity index (χ3v) is 5.21. The fourth-order valence-electron chi connectivity index (χ4n) is 2.07. The van der Waals surface area contributed by atoms with Crippen LogP contribution in [0.3, 0.4) is 0 Å². The second-order valence-electron chi connectivity index (χ2n) is 5.36. The molecule has 0 radical (unpaired) electrons. The Morgan fingerprint density at radius 2 is 1.65 bits per heavy atom. The topological polar surface area (TPSA) is 118 Å². The zero-order valence-electron chi connectivity index (χ0n) is 13.5. The number of primary sulfonamides is 1. The minimum atomic E-state index is -3.80. The lowest BCUT2D eigenvalue weighted by atomic mass is 10.1. The molecule has 0 aliphatic heterocycles. The molecule has 2 aromatic rings. The molecule has 0 aromatic heterocycles. The van der Waals surface area contributed by atoms with Crippen LogP contribution in [0.2, 0.25) is 10.0 Å². The Morgan fingerprint density at radius 1 is 1.04 bits per heavy atom. The van der Waals surface area contributed by atoms with Gasteiger partial charge in [-0.05, 0) is 36.8 Å². The van der Waals surface area contributed by atoms with Crippen molar-refractivity contribution in [3.63, 3.8) is 0 Å². The molecule has 2 aromatic carbocycles. The van der Waals surface area contributed by atoms with E-state index >= 15 is 0 Å². The van der Waals surface area contributed by atoms with Crippen LogP contribution in [0.5, 0.6) is 0 Å². The lowest BCUT2D eigenvalue weighted by Crippen LogP contribution is -2.37. The summed E-state index contributed by atoms with van der Waals surface area (Å²) in [7, 11) is -3.80. The number of benzene rings is 2. The van der Waals surface area contributed by atoms with Gasteiger partial charge < -0.3 is 10.6 Å². The molecule has 0 spiro atoms. The van der Waals surface area contributed by atoms with E-state index in [1.165, 1.54) is 30.3 Å². The van der Waals surface area contributed by atoms with E-state index in [1.54, 1.807) is 19.1 Å². The van der Waals surface area contributed by atoms with Crippen molar-refractivity contribution in [2.45, 2.75) is 17.9 Å². The maximum atomic E-state index is 12.0. The lowest BCUT2D eigenvalue weighted by molar-refractivity contribution is -0.136. The number of anilines is 1. The molecule has 1 unspecified atom stereocenters. The van der Waals surface area contributed by atoms with Crippen molar-refractivity contribution < 1.29 is 18.0 Å². The van der Waals surface area contributed by atoms with Gasteiger partial charge in [0.15, 0.2) is 0 Å². The Bertz CT molecular complexity index is 946. The van der Waals surface area contributed by atoms with Crippen molar-refractivity contribution in [2.75, 3.05) is 5.32 Å². The van der Waals surface area contributed by atoms with Crippen LogP contribution in [-0.2, 0) is 19.6 Å². The van der Waals surface area contributed by atoms with Crippen molar-refractivity contribution in [2.24, 2.45) is 5.14 Å². The molecular formula is C16H15Cl2N3O4S. The zero-order chi connectivity index (χ0) is 19.5. The van der Waals surface area contributed by atoms with Crippen molar-refractivity contribution in [3.8, 4) is 0 Å². The van der Waals surface area contributed by atoms with Crippen molar-refractivity contribution in [3.05, 3.63) is 58.1 Å². The number of amides is 2. The first-order valence-corrected chi connectivity index (χ1v) is 9.58. The maximum Gasteiger partial charge on any atom is 0.313 e. The summed E-state index contributed by atoms with van der Waals surface area (Å²) in [4.78, 5) is 24.0. The molecule has 0 saturated carbocycles. The predicted octanol–water partition coefficient (Wildman–Crippen LogP) is 2.46. The van der Waals surface area contributed by atoms with Gasteiger partial charge in [-0.1, -0.05) is 41.4 Å². The number of sulfonamides is 1. The Labute approximate surface area is 160 Å². The standard InChI is InChI=1S/C16H15Cl2N3O4S/c1-9(10-5-7-11(8-6-10)26(19,24)25)20-15(22)16(23)21-13-4-2-3-12(17)14(13)18/h2-9H,1H3,(H,20,22)(H,21,23)(H2,19,24,25). The summed E-state index contributed by atoms with van der Waals surface area (Å²) >= 11 is 11.8. The van der Waals surface area contributed by atoms with Crippen molar-refractivity contribution >= 4 is 50.7 Å². The SMILES string of the molecule is CC(NC(=O)C(=O)Nc1cccc(Cl)c1Cl)c1ccc(S(N)(=O)=O)cc1. The van der Waals surface area contributed by atoms with Gasteiger partial charge in [-0.2, -0.15) is 0 Å². The minimum Gasteiger partial charge on any atom is -0.341 e. The molecule has 26 heavy (non-hydrogen) atoms. The van der Waals surface area contributed by atoms with Crippen molar-refractivity contribution in [1.29, 1.82) is 0 Å². The molecule has 0 bridgehead atoms. The molecule has 7 nitrogen and oxygen atoms in total. The van der Waals surface area contributed by atoms with E-state index < -0.39 is 27.9 Å². The van der Waals surface area contributed by atoms with Crippen LogP contribution in [0, 0.1) is 0 Å². The Morgan fingerprint density at radius 3 is 2.23 bits per heavy atom. The molecule has 0 heterocycles. The lowest BCUT2D eigenvalue weighted by Gasteiger charge is -2.15.